The summed E-state index contributed by atoms with van der Waals surface area (Å²) in [5.41, 5.74) is 1.60. The number of amides is 1. The largest absolute Gasteiger partial charge is 0.434 e. The highest BCUT2D eigenvalue weighted by atomic mass is 32.1. The summed E-state index contributed by atoms with van der Waals surface area (Å²) in [6.45, 7) is -1.12. The quantitative estimate of drug-likeness (QED) is 0.520. The van der Waals surface area contributed by atoms with E-state index in [0.29, 0.717) is 26.3 Å². The van der Waals surface area contributed by atoms with Gasteiger partial charge in [-0.25, -0.2) is 14.5 Å². The molecular formula is C18H15F2N5O2S. The molecule has 0 spiro atoms. The molecule has 0 aliphatic carbocycles. The number of hydrogen-bond donors (Lipinski definition) is 0. The van der Waals surface area contributed by atoms with E-state index < -0.39 is 6.61 Å². The Hall–Kier alpha value is -3.14. The SMILES string of the molecule is Cc1c(C(=O)N(C)C)sc2ncn3nc(-c4ccccc4OC(F)F)nc3c12. The maximum atomic E-state index is 12.7. The molecule has 0 saturated carbocycles. The lowest BCUT2D eigenvalue weighted by molar-refractivity contribution is -0.0494. The summed E-state index contributed by atoms with van der Waals surface area (Å²) < 4.78 is 31.5. The first-order valence-corrected chi connectivity index (χ1v) is 9.08. The maximum Gasteiger partial charge on any atom is 0.387 e. The summed E-state index contributed by atoms with van der Waals surface area (Å²) >= 11 is 1.28. The Morgan fingerprint density at radius 3 is 2.75 bits per heavy atom. The van der Waals surface area contributed by atoms with E-state index in [0.717, 1.165) is 5.56 Å². The van der Waals surface area contributed by atoms with E-state index in [-0.39, 0.29) is 17.5 Å². The minimum atomic E-state index is -2.95. The second-order valence-electron chi connectivity index (χ2n) is 6.26. The van der Waals surface area contributed by atoms with Crippen molar-refractivity contribution in [2.45, 2.75) is 13.5 Å². The molecule has 28 heavy (non-hydrogen) atoms. The second kappa shape index (κ2) is 6.79. The smallest absolute Gasteiger partial charge is 0.387 e. The predicted octanol–water partition coefficient (Wildman–Crippen LogP) is 3.62. The molecule has 4 aromatic rings. The fourth-order valence-corrected chi connectivity index (χ4v) is 4.07. The fourth-order valence-electron chi connectivity index (χ4n) is 2.91. The Labute approximate surface area is 162 Å². The molecule has 0 unspecified atom stereocenters. The molecule has 144 valence electrons. The van der Waals surface area contributed by atoms with Gasteiger partial charge >= 0.3 is 6.61 Å². The van der Waals surface area contributed by atoms with E-state index in [1.807, 2.05) is 6.92 Å². The molecule has 0 radical (unpaired) electrons. The Morgan fingerprint density at radius 1 is 1.29 bits per heavy atom. The van der Waals surface area contributed by atoms with Gasteiger partial charge in [0.2, 0.25) is 0 Å². The van der Waals surface area contributed by atoms with Crippen LogP contribution in [0.15, 0.2) is 30.6 Å². The van der Waals surface area contributed by atoms with Gasteiger partial charge in [-0.1, -0.05) is 12.1 Å². The second-order valence-corrected chi connectivity index (χ2v) is 7.26. The lowest BCUT2D eigenvalue weighted by atomic mass is 10.2. The molecule has 0 fully saturated rings. The number of alkyl halides is 2. The van der Waals surface area contributed by atoms with Crippen molar-refractivity contribution in [3.05, 3.63) is 41.0 Å². The van der Waals surface area contributed by atoms with Crippen molar-refractivity contribution in [3.8, 4) is 17.1 Å². The van der Waals surface area contributed by atoms with Crippen molar-refractivity contribution in [1.82, 2.24) is 24.5 Å². The number of carbonyl (C=O) groups is 1. The van der Waals surface area contributed by atoms with Crippen molar-refractivity contribution >= 4 is 33.1 Å². The van der Waals surface area contributed by atoms with Crippen LogP contribution in [0.1, 0.15) is 15.2 Å². The van der Waals surface area contributed by atoms with Gasteiger partial charge in [-0.3, -0.25) is 4.79 Å². The van der Waals surface area contributed by atoms with Gasteiger partial charge < -0.3 is 9.64 Å². The monoisotopic (exact) mass is 403 g/mol. The molecule has 0 aliphatic heterocycles. The van der Waals surface area contributed by atoms with Crippen molar-refractivity contribution < 1.29 is 18.3 Å². The number of para-hydroxylation sites is 1. The number of halogens is 2. The van der Waals surface area contributed by atoms with Gasteiger partial charge in [0, 0.05) is 14.1 Å². The first-order chi connectivity index (χ1) is 13.4. The van der Waals surface area contributed by atoms with Gasteiger partial charge in [0.05, 0.1) is 15.8 Å². The minimum Gasteiger partial charge on any atom is -0.434 e. The van der Waals surface area contributed by atoms with Crippen molar-refractivity contribution in [3.63, 3.8) is 0 Å². The standard InChI is InChI=1S/C18H15F2N5O2S/c1-9-12-15-22-14(10-6-4-5-7-11(10)27-18(19)20)23-25(15)8-21-16(12)28-13(9)17(26)24(2)3/h4-8,18H,1-3H3. The number of thiophene rings is 1. The van der Waals surface area contributed by atoms with Crippen LogP contribution in [0, 0.1) is 6.92 Å². The molecule has 10 heteroatoms. The molecule has 0 saturated heterocycles. The average Bonchev–Trinajstić information content (AvgIpc) is 3.22. The normalized spacial score (nSPS) is 11.5. The highest BCUT2D eigenvalue weighted by molar-refractivity contribution is 7.20. The number of rotatable bonds is 4. The van der Waals surface area contributed by atoms with E-state index in [9.17, 15) is 13.6 Å². The number of carbonyl (C=O) groups excluding carboxylic acids is 1. The van der Waals surface area contributed by atoms with E-state index in [1.165, 1.54) is 33.1 Å². The number of aryl methyl sites for hydroxylation is 1. The van der Waals surface area contributed by atoms with E-state index in [1.54, 1.807) is 32.3 Å². The van der Waals surface area contributed by atoms with Crippen LogP contribution in [0.2, 0.25) is 0 Å². The number of benzene rings is 1. The van der Waals surface area contributed by atoms with Crippen LogP contribution in [0.25, 0.3) is 27.3 Å². The molecule has 0 bridgehead atoms. The highest BCUT2D eigenvalue weighted by Gasteiger charge is 2.22. The Bertz CT molecular complexity index is 1200. The summed E-state index contributed by atoms with van der Waals surface area (Å²) in [5.74, 6) is 0.105. The van der Waals surface area contributed by atoms with Gasteiger partial charge in [0.25, 0.3) is 5.91 Å². The van der Waals surface area contributed by atoms with Gasteiger partial charge in [-0.2, -0.15) is 8.78 Å². The zero-order valence-electron chi connectivity index (χ0n) is 15.2. The lowest BCUT2D eigenvalue weighted by Gasteiger charge is -2.08. The van der Waals surface area contributed by atoms with Gasteiger partial charge in [0.1, 0.15) is 16.9 Å². The van der Waals surface area contributed by atoms with Crippen LogP contribution < -0.4 is 4.74 Å². The first-order valence-electron chi connectivity index (χ1n) is 8.27. The molecular weight excluding hydrogens is 388 g/mol. The molecule has 1 aromatic carbocycles. The predicted molar refractivity (Wildman–Crippen MR) is 101 cm³/mol. The van der Waals surface area contributed by atoms with Crippen molar-refractivity contribution in [2.75, 3.05) is 14.1 Å². The van der Waals surface area contributed by atoms with Crippen LogP contribution >= 0.6 is 11.3 Å². The Balaban J connectivity index is 1.91. The molecule has 3 aromatic heterocycles. The van der Waals surface area contributed by atoms with Crippen molar-refractivity contribution in [2.24, 2.45) is 0 Å². The number of aromatic nitrogens is 4. The molecule has 7 nitrogen and oxygen atoms in total. The zero-order chi connectivity index (χ0) is 20.0. The van der Waals surface area contributed by atoms with Crippen LogP contribution in [0.5, 0.6) is 5.75 Å². The topological polar surface area (TPSA) is 72.6 Å². The van der Waals surface area contributed by atoms with Gasteiger partial charge in [-0.15, -0.1) is 16.4 Å². The third kappa shape index (κ3) is 2.95. The summed E-state index contributed by atoms with van der Waals surface area (Å²) in [6, 6.07) is 6.33. The van der Waals surface area contributed by atoms with Crippen LogP contribution in [-0.4, -0.2) is 51.1 Å². The Kier molecular flexibility index (Phi) is 4.42. The molecule has 0 atom stereocenters. The molecule has 1 amide bonds. The number of fused-ring (bicyclic) bond motifs is 3. The zero-order valence-corrected chi connectivity index (χ0v) is 16.0. The van der Waals surface area contributed by atoms with Gasteiger partial charge in [0.15, 0.2) is 11.5 Å². The first kappa shape index (κ1) is 18.2. The molecule has 0 aliphatic rings. The van der Waals surface area contributed by atoms with E-state index in [4.69, 9.17) is 0 Å². The highest BCUT2D eigenvalue weighted by Crippen LogP contribution is 2.34. The number of hydrogen-bond acceptors (Lipinski definition) is 6. The van der Waals surface area contributed by atoms with E-state index in [2.05, 4.69) is 19.8 Å². The van der Waals surface area contributed by atoms with Crippen molar-refractivity contribution in [1.29, 1.82) is 0 Å². The fraction of sp³-hybridized carbons (Fsp3) is 0.222. The average molecular weight is 403 g/mol. The van der Waals surface area contributed by atoms with Crippen LogP contribution in [0.4, 0.5) is 8.78 Å². The summed E-state index contributed by atoms with van der Waals surface area (Å²) in [5, 5.41) is 5.07. The van der Waals surface area contributed by atoms with Crippen LogP contribution in [-0.2, 0) is 0 Å². The third-order valence-electron chi connectivity index (χ3n) is 4.21. The summed E-state index contributed by atoms with van der Waals surface area (Å²) in [7, 11) is 3.37. The number of ether oxygens (including phenoxy) is 1. The molecule has 0 N–H and O–H groups in total. The summed E-state index contributed by atoms with van der Waals surface area (Å²) in [4.78, 5) is 24.1. The molecule has 3 heterocycles. The number of nitrogens with zero attached hydrogens (tertiary/aromatic N) is 5. The molecule has 4 rings (SSSR count). The van der Waals surface area contributed by atoms with Crippen LogP contribution in [0.3, 0.4) is 0 Å². The van der Waals surface area contributed by atoms with Gasteiger partial charge in [-0.05, 0) is 24.6 Å². The lowest BCUT2D eigenvalue weighted by Crippen LogP contribution is -2.21. The third-order valence-corrected chi connectivity index (χ3v) is 5.40. The van der Waals surface area contributed by atoms with E-state index >= 15 is 0 Å². The maximum absolute atomic E-state index is 12.7. The Morgan fingerprint density at radius 2 is 2.04 bits per heavy atom. The minimum absolute atomic E-state index is 0.0110. The summed E-state index contributed by atoms with van der Waals surface area (Å²) in [6.07, 6.45) is 1.49.